The van der Waals surface area contributed by atoms with Gasteiger partial charge in [0.05, 0.1) is 37.8 Å². The molecule has 37 nitrogen and oxygen atoms in total. The van der Waals surface area contributed by atoms with E-state index in [4.69, 9.17) is 22.9 Å². The van der Waals surface area contributed by atoms with Gasteiger partial charge in [-0.05, 0) is 101 Å². The fourth-order valence-electron chi connectivity index (χ4n) is 11.9. The number of rotatable bonds is 26. The first-order valence-corrected chi connectivity index (χ1v) is 39.8. The van der Waals surface area contributed by atoms with Gasteiger partial charge in [0.1, 0.15) is 72.5 Å². The number of aromatic nitrogens is 1. The number of hydrogen-bond acceptors (Lipinski definition) is 23. The smallest absolute Gasteiger partial charge is 0.327 e. The zero-order valence-corrected chi connectivity index (χ0v) is 65.4. The Bertz CT molecular complexity index is 4130. The summed E-state index contributed by atoms with van der Waals surface area (Å²) in [6, 6.07) is 9.57. The third kappa shape index (κ3) is 30.7. The number of para-hydroxylation sites is 1. The van der Waals surface area contributed by atoms with E-state index in [0.29, 0.717) is 39.6 Å². The summed E-state index contributed by atoms with van der Waals surface area (Å²) in [4.78, 5) is 217. The molecule has 39 heteroatoms. The molecule has 5 aromatic rings. The van der Waals surface area contributed by atoms with Crippen molar-refractivity contribution in [3.05, 3.63) is 144 Å². The first kappa shape index (κ1) is 92.8. The number of nitrogens with one attached hydrogen (secondary N) is 14. The van der Waals surface area contributed by atoms with Crippen LogP contribution in [-0.4, -0.2) is 243 Å². The van der Waals surface area contributed by atoms with Crippen LogP contribution in [0.5, 0.6) is 0 Å². The van der Waals surface area contributed by atoms with E-state index in [1.165, 1.54) is 6.92 Å². The van der Waals surface area contributed by atoms with E-state index >= 15 is 14.4 Å². The highest BCUT2D eigenvalue weighted by Gasteiger charge is 2.40. The van der Waals surface area contributed by atoms with Crippen LogP contribution in [0.25, 0.3) is 10.9 Å². The van der Waals surface area contributed by atoms with Gasteiger partial charge in [-0.2, -0.15) is 0 Å². The van der Waals surface area contributed by atoms with Crippen molar-refractivity contribution in [2.24, 2.45) is 22.9 Å². The molecule has 0 spiro atoms. The van der Waals surface area contributed by atoms with E-state index in [-0.39, 0.29) is 70.9 Å². The standard InChI is InChI=1S/C76H104N18O19S2/c1-41(79)64(100)82-37-61(99)83-58-39-114-115-40-59(76(112)113)92-72(108)57(38-95)91-75(111)63(43(3)97)94-71(107)54(33-46-23-11-6-12-24-46)90-74(110)62(42(2)96)93-66(102)51(28-16-18-30-78)84-69(105)55(34-47-36-81-49-26-14-13-25-48(47)49)88-68(104)53(32-45-21-9-5-10-22-45)86-67(103)52(31-44-19-7-4-8-20-44)87-70(106)56(35-60(80)98)89-65(101)50(85-73(58)109)27-15-17-29-77/h4-14,19-26,36,41-43,50-59,62-63,81,95-97H,15-18,27-35,37-40,77-79H2,1-3H3,(H2,80,98)(H,82,100)(H,83,99)(H,84,105)(H,85,109)(H,86,103)(H,87,106)(H,88,104)(H,89,101)(H,90,110)(H,91,111)(H,92,108)(H,93,102)(H,94,107)(H,112,113)/t41-,42+,43+,50-,51-,52-,53-,54-,55+,56-,57-,58-,59+,62?,63?/m0/s1. The van der Waals surface area contributed by atoms with E-state index in [1.54, 1.807) is 121 Å². The van der Waals surface area contributed by atoms with Crippen molar-refractivity contribution >= 4 is 121 Å². The molecule has 0 saturated carbocycles. The van der Waals surface area contributed by atoms with Crippen LogP contribution < -0.4 is 92.1 Å². The van der Waals surface area contributed by atoms with Crippen molar-refractivity contribution < 1.29 is 92.3 Å². The molecule has 0 aliphatic carbocycles. The van der Waals surface area contributed by atoms with Crippen molar-refractivity contribution in [3.8, 4) is 0 Å². The van der Waals surface area contributed by atoms with Gasteiger partial charge in [0.2, 0.25) is 82.7 Å². The Hall–Kier alpha value is -11.1. The second-order valence-electron chi connectivity index (χ2n) is 27.6. The van der Waals surface area contributed by atoms with Gasteiger partial charge in [-0.15, -0.1) is 0 Å². The number of carbonyl (C=O) groups excluding carboxylic acids is 14. The van der Waals surface area contributed by atoms with E-state index < -0.39 is 210 Å². The predicted molar refractivity (Wildman–Crippen MR) is 425 cm³/mol. The Balaban J connectivity index is 1.47. The molecule has 0 radical (unpaired) electrons. The van der Waals surface area contributed by atoms with Crippen molar-refractivity contribution in [2.75, 3.05) is 37.7 Å². The summed E-state index contributed by atoms with van der Waals surface area (Å²) in [6.07, 6.45) is -3.48. The van der Waals surface area contributed by atoms with Crippen molar-refractivity contribution in [3.63, 3.8) is 0 Å². The largest absolute Gasteiger partial charge is 0.480 e. The topological polar surface area (TPSA) is 613 Å². The van der Waals surface area contributed by atoms with Crippen LogP contribution in [0.1, 0.15) is 88.0 Å². The van der Waals surface area contributed by atoms with Crippen LogP contribution in [-0.2, 0) is 97.6 Å². The molecule has 115 heavy (non-hydrogen) atoms. The average molecular weight is 1640 g/mol. The minimum atomic E-state index is -1.99. The van der Waals surface area contributed by atoms with Crippen LogP contribution >= 0.6 is 21.6 Å². The molecule has 1 aromatic heterocycles. The SMILES string of the molecule is C[C@H](N)C(=O)NCC(=O)N[C@H]1CSSC[C@H](C(=O)O)NC(=O)[C@H](CO)NC(=O)C([C@@H](C)O)NC(=O)[C@H](Cc2ccccc2)NC(=O)C([C@@H](C)O)NC(=O)[C@H](CCCCN)NC(=O)[C@@H](Cc2c[nH]c3ccccc23)NC(=O)[C@H](Cc2ccccc2)NC(=O)[C@H](Cc2ccccc2)NC(=O)[C@H](CC(N)=O)NC(=O)[C@H](CCCCN)NC1=O. The van der Waals surface area contributed by atoms with Crippen molar-refractivity contribution in [1.82, 2.24) is 74.1 Å². The Kier molecular flexibility index (Phi) is 38.4. The molecular weight excluding hydrogens is 1530 g/mol. The van der Waals surface area contributed by atoms with Gasteiger partial charge < -0.3 is 117 Å². The maximum absolute atomic E-state index is 15.4. The molecule has 2 unspecified atom stereocenters. The summed E-state index contributed by atoms with van der Waals surface area (Å²) in [5, 5.41) is 76.1. The predicted octanol–water partition coefficient (Wildman–Crippen LogP) is -4.91. The number of nitrogens with two attached hydrogens (primary N) is 4. The van der Waals surface area contributed by atoms with Gasteiger partial charge >= 0.3 is 5.97 Å². The van der Waals surface area contributed by atoms with E-state index in [0.717, 1.165) is 35.4 Å². The minimum Gasteiger partial charge on any atom is -0.480 e. The lowest BCUT2D eigenvalue weighted by molar-refractivity contribution is -0.142. The second-order valence-corrected chi connectivity index (χ2v) is 30.1. The summed E-state index contributed by atoms with van der Waals surface area (Å²) < 4.78 is 0. The highest BCUT2D eigenvalue weighted by molar-refractivity contribution is 8.76. The first-order valence-electron chi connectivity index (χ1n) is 37.4. The van der Waals surface area contributed by atoms with Gasteiger partial charge in [0.25, 0.3) is 0 Å². The highest BCUT2D eigenvalue weighted by Crippen LogP contribution is 2.25. The van der Waals surface area contributed by atoms with Crippen LogP contribution in [0.2, 0.25) is 0 Å². The van der Waals surface area contributed by atoms with Gasteiger partial charge in [0, 0.05) is 54.3 Å². The van der Waals surface area contributed by atoms with Crippen LogP contribution in [0, 0.1) is 0 Å². The third-order valence-corrected chi connectivity index (χ3v) is 20.7. The number of amides is 14. The molecule has 1 saturated heterocycles. The maximum atomic E-state index is 15.4. The van der Waals surface area contributed by atoms with Crippen LogP contribution in [0.15, 0.2) is 121 Å². The number of fused-ring (bicyclic) bond motifs is 1. The number of H-pyrrole nitrogens is 1. The van der Waals surface area contributed by atoms with E-state index in [2.05, 4.69) is 74.1 Å². The summed E-state index contributed by atoms with van der Waals surface area (Å²) in [6.45, 7) is 1.88. The number of carboxylic acids is 1. The lowest BCUT2D eigenvalue weighted by Gasteiger charge is -2.29. The van der Waals surface area contributed by atoms with Gasteiger partial charge in [0.15, 0.2) is 0 Å². The highest BCUT2D eigenvalue weighted by atomic mass is 33.1. The zero-order valence-electron chi connectivity index (χ0n) is 63.8. The van der Waals surface area contributed by atoms with Gasteiger partial charge in [-0.1, -0.05) is 131 Å². The summed E-state index contributed by atoms with van der Waals surface area (Å²) in [5.74, 6) is -17.7. The number of aliphatic hydroxyl groups is 3. The van der Waals surface area contributed by atoms with Crippen LogP contribution in [0.3, 0.4) is 0 Å². The number of carboxylic acid groups (broad SMARTS) is 1. The molecule has 4 aromatic carbocycles. The zero-order chi connectivity index (χ0) is 84.3. The fraction of sp³-hybridized carbons (Fsp3) is 0.461. The lowest BCUT2D eigenvalue weighted by atomic mass is 10.00. The Labute approximate surface area is 670 Å². The molecule has 0 bridgehead atoms. The molecule has 1 aliphatic rings. The molecular formula is C76H104N18O19S2. The molecule has 15 atom stereocenters. The maximum Gasteiger partial charge on any atom is 0.327 e. The van der Waals surface area contributed by atoms with E-state index in [9.17, 15) is 78.0 Å². The van der Waals surface area contributed by atoms with Gasteiger partial charge in [-0.25, -0.2) is 4.79 Å². The monoisotopic (exact) mass is 1640 g/mol. The molecule has 1 fully saturated rings. The normalized spacial score (nSPS) is 23.7. The number of carbonyl (C=O) groups is 15. The fourth-order valence-corrected chi connectivity index (χ4v) is 14.3. The summed E-state index contributed by atoms with van der Waals surface area (Å²) >= 11 is 0. The summed E-state index contributed by atoms with van der Waals surface area (Å²) in [7, 11) is 1.49. The minimum absolute atomic E-state index is 0.104. The summed E-state index contributed by atoms with van der Waals surface area (Å²) in [5.41, 5.74) is 25.6. The number of benzene rings is 4. The quantitative estimate of drug-likeness (QED) is 0.0182. The molecule has 1 aliphatic heterocycles. The molecule has 6 rings (SSSR count). The number of hydrogen-bond donors (Lipinski definition) is 22. The number of aliphatic carboxylic acids is 1. The van der Waals surface area contributed by atoms with Crippen LogP contribution in [0.4, 0.5) is 0 Å². The third-order valence-electron chi connectivity index (χ3n) is 18.3. The second kappa shape index (κ2) is 47.6. The Morgan fingerprint density at radius 2 is 0.852 bits per heavy atom. The number of aromatic amines is 1. The molecule has 2 heterocycles. The van der Waals surface area contributed by atoms with E-state index in [1.807, 2.05) is 0 Å². The Morgan fingerprint density at radius 3 is 1.30 bits per heavy atom. The first-order chi connectivity index (χ1) is 54.9. The van der Waals surface area contributed by atoms with Gasteiger partial charge in [-0.3, -0.25) is 67.1 Å². The number of aliphatic hydroxyl groups excluding tert-OH is 3. The number of unbranched alkanes of at least 4 members (excludes halogenated alkanes) is 2. The lowest BCUT2D eigenvalue weighted by Crippen LogP contribution is -2.63. The van der Waals surface area contributed by atoms with Crippen molar-refractivity contribution in [2.45, 2.75) is 182 Å². The Morgan fingerprint density at radius 1 is 0.470 bits per heavy atom. The average Bonchev–Trinajstić information content (AvgIpc) is 1.71. The molecule has 624 valence electrons. The molecule has 26 N–H and O–H groups in total. The van der Waals surface area contributed by atoms with Crippen molar-refractivity contribution in [1.29, 1.82) is 0 Å². The number of primary amides is 1. The molecule has 14 amide bonds.